The number of hydrogen-bond acceptors (Lipinski definition) is 5. The zero-order valence-electron chi connectivity index (χ0n) is 12.9. The number of nitriles is 1. The number of hydrogen-bond donors (Lipinski definition) is 2. The van der Waals surface area contributed by atoms with Gasteiger partial charge in [-0.2, -0.15) is 5.26 Å². The van der Waals surface area contributed by atoms with Crippen molar-refractivity contribution in [1.82, 2.24) is 5.32 Å². The van der Waals surface area contributed by atoms with Crippen LogP contribution < -0.4 is 10.6 Å². The third kappa shape index (κ3) is 5.34. The van der Waals surface area contributed by atoms with Gasteiger partial charge in [-0.25, -0.2) is 0 Å². The summed E-state index contributed by atoms with van der Waals surface area (Å²) < 4.78 is 0. The fourth-order valence-electron chi connectivity index (χ4n) is 1.89. The van der Waals surface area contributed by atoms with Gasteiger partial charge in [0.1, 0.15) is 11.6 Å². The Bertz CT molecular complexity index is 840. The van der Waals surface area contributed by atoms with E-state index in [9.17, 15) is 14.9 Å². The quantitative estimate of drug-likeness (QED) is 0.357. The van der Waals surface area contributed by atoms with Gasteiger partial charge in [0, 0.05) is 35.6 Å². The highest BCUT2D eigenvalue weighted by molar-refractivity contribution is 6.30. The average molecular weight is 357 g/mol. The second kappa shape index (κ2) is 8.47. The first-order valence-corrected chi connectivity index (χ1v) is 7.51. The van der Waals surface area contributed by atoms with E-state index in [1.165, 1.54) is 30.5 Å². The summed E-state index contributed by atoms with van der Waals surface area (Å²) in [6, 6.07) is 14.3. The number of carbonyl (C=O) groups excluding carboxylic acids is 1. The minimum atomic E-state index is -0.611. The summed E-state index contributed by atoms with van der Waals surface area (Å²) in [4.78, 5) is 22.1. The second-order valence-electron chi connectivity index (χ2n) is 4.94. The van der Waals surface area contributed by atoms with Crippen molar-refractivity contribution in [2.24, 2.45) is 0 Å². The van der Waals surface area contributed by atoms with E-state index in [1.54, 1.807) is 18.2 Å². The van der Waals surface area contributed by atoms with Gasteiger partial charge in [0.25, 0.3) is 11.6 Å². The van der Waals surface area contributed by atoms with Crippen LogP contribution >= 0.6 is 11.6 Å². The second-order valence-corrected chi connectivity index (χ2v) is 5.37. The maximum Gasteiger partial charge on any atom is 0.269 e. The van der Waals surface area contributed by atoms with Crippen LogP contribution in [-0.2, 0) is 11.3 Å². The normalized spacial score (nSPS) is 10.6. The van der Waals surface area contributed by atoms with Crippen molar-refractivity contribution in [3.8, 4) is 6.07 Å². The number of nitrogens with zero attached hydrogens (tertiary/aromatic N) is 2. The number of non-ortho nitro benzene ring substituents is 1. The van der Waals surface area contributed by atoms with E-state index in [1.807, 2.05) is 12.1 Å². The lowest BCUT2D eigenvalue weighted by Gasteiger charge is -2.05. The number of rotatable bonds is 6. The fourth-order valence-corrected chi connectivity index (χ4v) is 2.01. The Kier molecular flexibility index (Phi) is 6.09. The van der Waals surface area contributed by atoms with E-state index in [4.69, 9.17) is 16.9 Å². The lowest BCUT2D eigenvalue weighted by Crippen LogP contribution is -2.16. The number of nitro groups is 1. The minimum absolute atomic E-state index is 0.0846. The predicted molar refractivity (Wildman–Crippen MR) is 93.7 cm³/mol. The first kappa shape index (κ1) is 18.0. The minimum Gasteiger partial charge on any atom is -0.386 e. The summed E-state index contributed by atoms with van der Waals surface area (Å²) in [6.45, 7) is 0.424. The van der Waals surface area contributed by atoms with Crippen LogP contribution in [0.25, 0.3) is 0 Å². The number of halogens is 1. The van der Waals surface area contributed by atoms with Crippen molar-refractivity contribution < 1.29 is 9.72 Å². The molecule has 0 aliphatic rings. The Morgan fingerprint density at radius 1 is 1.20 bits per heavy atom. The van der Waals surface area contributed by atoms with E-state index >= 15 is 0 Å². The van der Waals surface area contributed by atoms with Gasteiger partial charge in [-0.1, -0.05) is 23.7 Å². The van der Waals surface area contributed by atoms with E-state index in [-0.39, 0.29) is 11.3 Å². The van der Waals surface area contributed by atoms with Gasteiger partial charge in [0.15, 0.2) is 0 Å². The van der Waals surface area contributed by atoms with Crippen LogP contribution in [0.2, 0.25) is 5.02 Å². The van der Waals surface area contributed by atoms with Crippen molar-refractivity contribution in [2.45, 2.75) is 6.54 Å². The smallest absolute Gasteiger partial charge is 0.269 e. The first-order valence-electron chi connectivity index (χ1n) is 7.13. The Labute approximate surface area is 148 Å². The lowest BCUT2D eigenvalue weighted by molar-refractivity contribution is -0.384. The van der Waals surface area contributed by atoms with Crippen LogP contribution in [0.15, 0.2) is 60.3 Å². The zero-order chi connectivity index (χ0) is 18.2. The van der Waals surface area contributed by atoms with Crippen LogP contribution in [0.4, 0.5) is 11.4 Å². The summed E-state index contributed by atoms with van der Waals surface area (Å²) in [5.74, 6) is -0.611. The van der Waals surface area contributed by atoms with Gasteiger partial charge in [-0.3, -0.25) is 14.9 Å². The molecule has 0 saturated carbocycles. The highest BCUT2D eigenvalue weighted by Gasteiger charge is 2.10. The predicted octanol–water partition coefficient (Wildman–Crippen LogP) is 3.38. The van der Waals surface area contributed by atoms with Crippen molar-refractivity contribution in [3.05, 3.63) is 81.0 Å². The molecule has 8 heteroatoms. The SMILES string of the molecule is N#C/C(=C/NCc1ccc(Cl)cc1)C(=O)Nc1ccc([N+](=O)[O-])cc1. The van der Waals surface area contributed by atoms with Crippen LogP contribution in [0.1, 0.15) is 5.56 Å². The van der Waals surface area contributed by atoms with E-state index in [0.717, 1.165) is 5.56 Å². The standard InChI is InChI=1S/C17H13ClN4O3/c18-14-3-1-12(2-4-14)10-20-11-13(9-19)17(23)21-15-5-7-16(8-6-15)22(24)25/h1-8,11,20H,10H2,(H,21,23)/b13-11-. The van der Waals surface area contributed by atoms with Crippen molar-refractivity contribution in [2.75, 3.05) is 5.32 Å². The Hall–Kier alpha value is -3.37. The van der Waals surface area contributed by atoms with Gasteiger partial charge in [0.05, 0.1) is 4.92 Å². The number of anilines is 1. The molecule has 0 heterocycles. The molecule has 7 nitrogen and oxygen atoms in total. The van der Waals surface area contributed by atoms with Gasteiger partial charge in [-0.05, 0) is 29.8 Å². The molecule has 0 saturated heterocycles. The summed E-state index contributed by atoms with van der Waals surface area (Å²) in [5, 5.41) is 25.7. The number of amides is 1. The maximum absolute atomic E-state index is 12.1. The Morgan fingerprint density at radius 2 is 1.84 bits per heavy atom. The Balaban J connectivity index is 1.96. The molecule has 0 atom stereocenters. The van der Waals surface area contributed by atoms with Crippen molar-refractivity contribution >= 4 is 28.9 Å². The highest BCUT2D eigenvalue weighted by atomic mass is 35.5. The van der Waals surface area contributed by atoms with E-state index in [2.05, 4.69) is 10.6 Å². The monoisotopic (exact) mass is 356 g/mol. The molecule has 2 aromatic carbocycles. The average Bonchev–Trinajstić information content (AvgIpc) is 2.60. The molecule has 0 bridgehead atoms. The molecule has 2 rings (SSSR count). The van der Waals surface area contributed by atoms with Gasteiger partial charge in [0.2, 0.25) is 0 Å². The number of nitro benzene ring substituents is 1. The summed E-state index contributed by atoms with van der Waals surface area (Å²) >= 11 is 5.80. The van der Waals surface area contributed by atoms with Gasteiger partial charge in [-0.15, -0.1) is 0 Å². The molecular weight excluding hydrogens is 344 g/mol. The molecule has 0 unspecified atom stereocenters. The van der Waals surface area contributed by atoms with Crippen molar-refractivity contribution in [3.63, 3.8) is 0 Å². The van der Waals surface area contributed by atoms with Crippen molar-refractivity contribution in [1.29, 1.82) is 5.26 Å². The molecule has 1 amide bonds. The first-order chi connectivity index (χ1) is 12.0. The van der Waals surface area contributed by atoms with Crippen LogP contribution in [0.5, 0.6) is 0 Å². The molecule has 0 aliphatic heterocycles. The topological polar surface area (TPSA) is 108 Å². The fraction of sp³-hybridized carbons (Fsp3) is 0.0588. The number of nitrogens with one attached hydrogen (secondary N) is 2. The molecule has 0 aliphatic carbocycles. The molecule has 25 heavy (non-hydrogen) atoms. The van der Waals surface area contributed by atoms with Crippen LogP contribution in [0, 0.1) is 21.4 Å². The van der Waals surface area contributed by atoms with Crippen LogP contribution in [-0.4, -0.2) is 10.8 Å². The summed E-state index contributed by atoms with van der Waals surface area (Å²) in [7, 11) is 0. The van der Waals surface area contributed by atoms with E-state index in [0.29, 0.717) is 17.3 Å². The summed E-state index contributed by atoms with van der Waals surface area (Å²) in [6.07, 6.45) is 1.31. The maximum atomic E-state index is 12.1. The number of benzene rings is 2. The lowest BCUT2D eigenvalue weighted by atomic mass is 10.2. The highest BCUT2D eigenvalue weighted by Crippen LogP contribution is 2.16. The van der Waals surface area contributed by atoms with Gasteiger partial charge >= 0.3 is 0 Å². The molecule has 0 radical (unpaired) electrons. The third-order valence-corrected chi connectivity index (χ3v) is 3.42. The number of carbonyl (C=O) groups is 1. The molecule has 126 valence electrons. The summed E-state index contributed by atoms with van der Waals surface area (Å²) in [5.41, 5.74) is 1.09. The molecule has 0 fully saturated rings. The third-order valence-electron chi connectivity index (χ3n) is 3.17. The van der Waals surface area contributed by atoms with Crippen LogP contribution in [0.3, 0.4) is 0 Å². The van der Waals surface area contributed by atoms with Gasteiger partial charge < -0.3 is 10.6 Å². The Morgan fingerprint density at radius 3 is 2.40 bits per heavy atom. The molecule has 2 N–H and O–H groups in total. The zero-order valence-corrected chi connectivity index (χ0v) is 13.7. The molecule has 0 spiro atoms. The largest absolute Gasteiger partial charge is 0.386 e. The molecular formula is C17H13ClN4O3. The van der Waals surface area contributed by atoms with E-state index < -0.39 is 10.8 Å². The molecule has 2 aromatic rings. The molecule has 0 aromatic heterocycles.